The topological polar surface area (TPSA) is 12.9 Å². The fourth-order valence-corrected chi connectivity index (χ4v) is 3.18. The van der Waals surface area contributed by atoms with Crippen LogP contribution in [0.5, 0.6) is 0 Å². The van der Waals surface area contributed by atoms with E-state index in [2.05, 4.69) is 6.92 Å². The van der Waals surface area contributed by atoms with Crippen molar-refractivity contribution in [1.29, 1.82) is 0 Å². The number of hydrogen-bond donors (Lipinski definition) is 0. The average Bonchev–Trinajstić information content (AvgIpc) is 2.41. The lowest BCUT2D eigenvalue weighted by Gasteiger charge is -2.24. The fraction of sp³-hybridized carbons (Fsp3) is 0.688. The highest BCUT2D eigenvalue weighted by Gasteiger charge is 2.20. The molecule has 1 heterocycles. The summed E-state index contributed by atoms with van der Waals surface area (Å²) in [5.74, 6) is 0. The Hall–Kier alpha value is -0.850. The van der Waals surface area contributed by atoms with Crippen molar-refractivity contribution in [2.45, 2.75) is 72.1 Å². The smallest absolute Gasteiger partial charge is 0.0441 e. The first-order valence-electron chi connectivity index (χ1n) is 7.36. The minimum atomic E-state index is 1.23. The molecule has 1 heteroatoms. The standard InChI is InChI=1S/C14H19N.C2H6/c1-10-11-6-2-4-8-13(11)15-14-9-5-3-7-12(10)14;1-2/h2-9H2,1H3;1-2H3. The monoisotopic (exact) mass is 231 g/mol. The van der Waals surface area contributed by atoms with E-state index in [-0.39, 0.29) is 0 Å². The Labute approximate surface area is 106 Å². The van der Waals surface area contributed by atoms with Gasteiger partial charge < -0.3 is 0 Å². The molecule has 0 atom stereocenters. The van der Waals surface area contributed by atoms with Gasteiger partial charge in [0.05, 0.1) is 0 Å². The molecule has 1 nitrogen and oxygen atoms in total. The lowest BCUT2D eigenvalue weighted by molar-refractivity contribution is 0.621. The van der Waals surface area contributed by atoms with Crippen LogP contribution < -0.4 is 0 Å². The molecule has 2 aliphatic carbocycles. The van der Waals surface area contributed by atoms with E-state index in [0.29, 0.717) is 0 Å². The van der Waals surface area contributed by atoms with Crippen LogP contribution in [0.25, 0.3) is 0 Å². The molecule has 2 aliphatic rings. The minimum Gasteiger partial charge on any atom is -0.257 e. The predicted octanol–water partition coefficient (Wildman–Crippen LogP) is 4.17. The zero-order chi connectivity index (χ0) is 12.3. The second kappa shape index (κ2) is 5.66. The summed E-state index contributed by atoms with van der Waals surface area (Å²) in [5, 5.41) is 0. The van der Waals surface area contributed by atoms with Crippen molar-refractivity contribution in [3.63, 3.8) is 0 Å². The first-order chi connectivity index (χ1) is 8.36. The van der Waals surface area contributed by atoms with Crippen LogP contribution in [0, 0.1) is 6.92 Å². The molecule has 0 spiro atoms. The van der Waals surface area contributed by atoms with Crippen molar-refractivity contribution >= 4 is 0 Å². The zero-order valence-corrected chi connectivity index (χ0v) is 11.6. The number of hydrogen-bond acceptors (Lipinski definition) is 1. The van der Waals surface area contributed by atoms with E-state index in [4.69, 9.17) is 4.98 Å². The summed E-state index contributed by atoms with van der Waals surface area (Å²) in [4.78, 5) is 4.91. The van der Waals surface area contributed by atoms with Crippen molar-refractivity contribution in [3.05, 3.63) is 28.1 Å². The lowest BCUT2D eigenvalue weighted by Crippen LogP contribution is -2.15. The highest BCUT2D eigenvalue weighted by atomic mass is 14.7. The maximum atomic E-state index is 4.91. The van der Waals surface area contributed by atoms with Crippen molar-refractivity contribution in [1.82, 2.24) is 4.98 Å². The van der Waals surface area contributed by atoms with Crippen LogP contribution in [-0.4, -0.2) is 4.98 Å². The van der Waals surface area contributed by atoms with Crippen molar-refractivity contribution in [3.8, 4) is 0 Å². The van der Waals surface area contributed by atoms with E-state index in [1.54, 1.807) is 16.7 Å². The van der Waals surface area contributed by atoms with Gasteiger partial charge in [0.25, 0.3) is 0 Å². The van der Waals surface area contributed by atoms with E-state index in [0.717, 1.165) is 0 Å². The van der Waals surface area contributed by atoms with Crippen LogP contribution in [0.4, 0.5) is 0 Å². The van der Waals surface area contributed by atoms with Gasteiger partial charge >= 0.3 is 0 Å². The van der Waals surface area contributed by atoms with Crippen LogP contribution in [0.1, 0.15) is 67.6 Å². The summed E-state index contributed by atoms with van der Waals surface area (Å²) in [7, 11) is 0. The summed E-state index contributed by atoms with van der Waals surface area (Å²) in [6.07, 6.45) is 10.4. The zero-order valence-electron chi connectivity index (χ0n) is 11.6. The van der Waals surface area contributed by atoms with E-state index in [1.165, 1.54) is 62.8 Å². The van der Waals surface area contributed by atoms with Gasteiger partial charge in [0, 0.05) is 11.4 Å². The summed E-state index contributed by atoms with van der Waals surface area (Å²) < 4.78 is 0. The average molecular weight is 231 g/mol. The van der Waals surface area contributed by atoms with Crippen LogP contribution in [0.3, 0.4) is 0 Å². The third-order valence-electron chi connectivity index (χ3n) is 4.05. The van der Waals surface area contributed by atoms with Gasteiger partial charge in [-0.1, -0.05) is 13.8 Å². The molecule has 0 unspecified atom stereocenters. The number of aromatic nitrogens is 1. The maximum absolute atomic E-state index is 4.91. The second-order valence-electron chi connectivity index (χ2n) is 5.00. The molecule has 0 aliphatic heterocycles. The predicted molar refractivity (Wildman–Crippen MR) is 73.6 cm³/mol. The van der Waals surface area contributed by atoms with Gasteiger partial charge in [-0.25, -0.2) is 0 Å². The second-order valence-corrected chi connectivity index (χ2v) is 5.00. The molecule has 1 aromatic heterocycles. The largest absolute Gasteiger partial charge is 0.257 e. The molecule has 3 rings (SSSR count). The molecule has 0 saturated heterocycles. The molecular formula is C16H25N. The van der Waals surface area contributed by atoms with Gasteiger partial charge in [0.15, 0.2) is 0 Å². The summed E-state index contributed by atoms with van der Waals surface area (Å²) in [6, 6.07) is 0. The van der Waals surface area contributed by atoms with Gasteiger partial charge in [0.1, 0.15) is 0 Å². The van der Waals surface area contributed by atoms with Crippen molar-refractivity contribution in [2.75, 3.05) is 0 Å². The minimum absolute atomic E-state index is 1.23. The Bertz CT molecular complexity index is 359. The Morgan fingerprint density at radius 1 is 0.706 bits per heavy atom. The normalized spacial score (nSPS) is 17.6. The van der Waals surface area contributed by atoms with E-state index in [9.17, 15) is 0 Å². The molecule has 0 amide bonds. The quantitative estimate of drug-likeness (QED) is 0.653. The van der Waals surface area contributed by atoms with Crippen LogP contribution in [0.2, 0.25) is 0 Å². The Kier molecular flexibility index (Phi) is 4.20. The maximum Gasteiger partial charge on any atom is 0.0441 e. The fourth-order valence-electron chi connectivity index (χ4n) is 3.18. The Morgan fingerprint density at radius 2 is 1.12 bits per heavy atom. The number of fused-ring (bicyclic) bond motifs is 2. The van der Waals surface area contributed by atoms with E-state index >= 15 is 0 Å². The first-order valence-corrected chi connectivity index (χ1v) is 7.36. The number of rotatable bonds is 0. The van der Waals surface area contributed by atoms with Crippen molar-refractivity contribution < 1.29 is 0 Å². The Balaban J connectivity index is 0.000000514. The summed E-state index contributed by atoms with van der Waals surface area (Å²) in [5.41, 5.74) is 7.65. The number of aryl methyl sites for hydroxylation is 2. The van der Waals surface area contributed by atoms with Crippen LogP contribution in [0.15, 0.2) is 0 Å². The molecule has 0 aromatic carbocycles. The van der Waals surface area contributed by atoms with Crippen LogP contribution >= 0.6 is 0 Å². The molecule has 0 fully saturated rings. The molecule has 0 bridgehead atoms. The highest BCUT2D eigenvalue weighted by molar-refractivity contribution is 5.41. The SMILES string of the molecule is CC.Cc1c2c(nc3c1CCCC3)CCCC2. The molecule has 0 N–H and O–H groups in total. The van der Waals surface area contributed by atoms with Gasteiger partial charge in [-0.2, -0.15) is 0 Å². The first kappa shape index (κ1) is 12.6. The number of pyridine rings is 1. The number of nitrogens with zero attached hydrogens (tertiary/aromatic N) is 1. The van der Waals surface area contributed by atoms with E-state index in [1.807, 2.05) is 13.8 Å². The summed E-state index contributed by atoms with van der Waals surface area (Å²) in [6.45, 7) is 6.33. The molecule has 0 saturated carbocycles. The van der Waals surface area contributed by atoms with Gasteiger partial charge in [-0.05, 0) is 75.0 Å². The van der Waals surface area contributed by atoms with Gasteiger partial charge in [0.2, 0.25) is 0 Å². The van der Waals surface area contributed by atoms with Gasteiger partial charge in [-0.15, -0.1) is 0 Å². The van der Waals surface area contributed by atoms with Crippen molar-refractivity contribution in [2.24, 2.45) is 0 Å². The summed E-state index contributed by atoms with van der Waals surface area (Å²) >= 11 is 0. The molecule has 0 radical (unpaired) electrons. The lowest BCUT2D eigenvalue weighted by atomic mass is 9.85. The third kappa shape index (κ3) is 2.38. The molecule has 94 valence electrons. The van der Waals surface area contributed by atoms with Crippen LogP contribution in [-0.2, 0) is 25.7 Å². The molecular weight excluding hydrogens is 206 g/mol. The van der Waals surface area contributed by atoms with E-state index < -0.39 is 0 Å². The molecule has 17 heavy (non-hydrogen) atoms. The third-order valence-corrected chi connectivity index (χ3v) is 4.05. The Morgan fingerprint density at radius 3 is 1.59 bits per heavy atom. The van der Waals surface area contributed by atoms with Gasteiger partial charge in [-0.3, -0.25) is 4.98 Å². The molecule has 1 aromatic rings. The highest BCUT2D eigenvalue weighted by Crippen LogP contribution is 2.30.